The zero-order chi connectivity index (χ0) is 24.7. The van der Waals surface area contributed by atoms with Crippen LogP contribution >= 0.6 is 0 Å². The number of aromatic nitrogens is 1. The van der Waals surface area contributed by atoms with E-state index < -0.39 is 12.3 Å². The number of methoxy groups -OCH3 is 2. The average molecular weight is 472 g/mol. The maximum absolute atomic E-state index is 14.2. The fourth-order valence-electron chi connectivity index (χ4n) is 3.33. The Labute approximate surface area is 198 Å². The minimum Gasteiger partial charge on any atom is -0.497 e. The minimum absolute atomic E-state index is 0.181. The van der Waals surface area contributed by atoms with E-state index in [1.54, 1.807) is 46.5 Å². The number of carbonyl (C=O) groups excluding carboxylic acids is 1. The number of anilines is 2. The van der Waals surface area contributed by atoms with Crippen LogP contribution in [0.1, 0.15) is 22.8 Å². The van der Waals surface area contributed by atoms with Gasteiger partial charge in [0, 0.05) is 44.5 Å². The van der Waals surface area contributed by atoms with Crippen molar-refractivity contribution >= 4 is 23.2 Å². The van der Waals surface area contributed by atoms with Gasteiger partial charge in [-0.25, -0.2) is 14.4 Å². The van der Waals surface area contributed by atoms with E-state index in [2.05, 4.69) is 36.6 Å². The van der Waals surface area contributed by atoms with Gasteiger partial charge in [0.15, 0.2) is 6.17 Å². The van der Waals surface area contributed by atoms with Crippen LogP contribution in [0.15, 0.2) is 47.4 Å². The molecule has 2 aromatic rings. The van der Waals surface area contributed by atoms with Gasteiger partial charge in [0.05, 0.1) is 25.5 Å². The molecule has 2 heterocycles. The van der Waals surface area contributed by atoms with Crippen LogP contribution in [-0.4, -0.2) is 57.4 Å². The van der Waals surface area contributed by atoms with Crippen LogP contribution in [0.5, 0.6) is 11.5 Å². The second kappa shape index (κ2) is 11.3. The summed E-state index contributed by atoms with van der Waals surface area (Å²) in [7, 11) is 6.45. The van der Waals surface area contributed by atoms with Crippen molar-refractivity contribution < 1.29 is 18.7 Å². The molecule has 34 heavy (non-hydrogen) atoms. The van der Waals surface area contributed by atoms with E-state index in [4.69, 9.17) is 9.47 Å². The topological polar surface area (TPSA) is 121 Å². The summed E-state index contributed by atoms with van der Waals surface area (Å²) in [6.07, 6.45) is 1.45. The number of aliphatic imine (C=N–C) groups is 1. The standard InChI is InChI=1S/C23H30FN7O3/c1-13(24)22-30-20(27-11-14-6-7-15(33-4)8-18(14)34-5)10-21(31-22)29-19-9-17(25-2)16(12-28-19)23(32)26-3/h6-10,12-13,20,27H,11H2,1-5H3,(H,26,32)(H,30,31)(H2,25,28,29). The third-order valence-electron chi connectivity index (χ3n) is 5.15. The first-order valence-corrected chi connectivity index (χ1v) is 10.7. The van der Waals surface area contributed by atoms with Gasteiger partial charge in [-0.05, 0) is 19.1 Å². The van der Waals surface area contributed by atoms with Crippen LogP contribution in [0.25, 0.3) is 0 Å². The number of hydrogen-bond acceptors (Lipinski definition) is 9. The van der Waals surface area contributed by atoms with Gasteiger partial charge in [-0.2, -0.15) is 0 Å². The Kier molecular flexibility index (Phi) is 8.25. The normalized spacial score (nSPS) is 15.9. The van der Waals surface area contributed by atoms with Gasteiger partial charge in [0.1, 0.15) is 35.1 Å². The first-order chi connectivity index (χ1) is 16.4. The molecule has 0 radical (unpaired) electrons. The molecular formula is C23H30FN7O3. The van der Waals surface area contributed by atoms with Gasteiger partial charge in [0.2, 0.25) is 0 Å². The lowest BCUT2D eigenvalue weighted by molar-refractivity contribution is 0.0963. The van der Waals surface area contributed by atoms with Crippen LogP contribution in [-0.2, 0) is 6.54 Å². The highest BCUT2D eigenvalue weighted by Crippen LogP contribution is 2.25. The summed E-state index contributed by atoms with van der Waals surface area (Å²) in [4.78, 5) is 20.7. The Morgan fingerprint density at radius 3 is 2.68 bits per heavy atom. The Hall–Kier alpha value is -3.86. The van der Waals surface area contributed by atoms with Crippen LogP contribution in [0.3, 0.4) is 0 Å². The molecule has 0 spiro atoms. The molecule has 1 aromatic heterocycles. The average Bonchev–Trinajstić information content (AvgIpc) is 2.86. The van der Waals surface area contributed by atoms with Crippen molar-refractivity contribution in [2.75, 3.05) is 38.9 Å². The molecule has 1 aromatic carbocycles. The van der Waals surface area contributed by atoms with Crippen LogP contribution in [0.4, 0.5) is 15.9 Å². The summed E-state index contributed by atoms with van der Waals surface area (Å²) in [5.41, 5.74) is 1.91. The van der Waals surface area contributed by atoms with Crippen molar-refractivity contribution in [3.05, 3.63) is 53.5 Å². The quantitative estimate of drug-likeness (QED) is 0.358. The lowest BCUT2D eigenvalue weighted by atomic mass is 10.2. The van der Waals surface area contributed by atoms with Crippen LogP contribution < -0.4 is 36.1 Å². The van der Waals surface area contributed by atoms with Crippen LogP contribution in [0, 0.1) is 0 Å². The molecule has 2 unspecified atom stereocenters. The second-order valence-electron chi connectivity index (χ2n) is 7.41. The van der Waals surface area contributed by atoms with Gasteiger partial charge in [0.25, 0.3) is 5.91 Å². The first-order valence-electron chi connectivity index (χ1n) is 10.7. The first kappa shape index (κ1) is 24.8. The van der Waals surface area contributed by atoms with E-state index in [9.17, 15) is 9.18 Å². The molecule has 3 rings (SSSR count). The molecule has 5 N–H and O–H groups in total. The molecular weight excluding hydrogens is 441 g/mol. The molecule has 0 aliphatic carbocycles. The van der Waals surface area contributed by atoms with Gasteiger partial charge in [-0.3, -0.25) is 10.1 Å². The maximum Gasteiger partial charge on any atom is 0.254 e. The molecule has 1 aliphatic heterocycles. The highest BCUT2D eigenvalue weighted by Gasteiger charge is 2.20. The summed E-state index contributed by atoms with van der Waals surface area (Å²) in [6.45, 7) is 1.84. The van der Waals surface area contributed by atoms with E-state index in [1.807, 2.05) is 12.1 Å². The Morgan fingerprint density at radius 2 is 2.03 bits per heavy atom. The third-order valence-corrected chi connectivity index (χ3v) is 5.15. The van der Waals surface area contributed by atoms with Crippen molar-refractivity contribution in [1.82, 2.24) is 20.9 Å². The van der Waals surface area contributed by atoms with Crippen LogP contribution in [0.2, 0.25) is 0 Å². The molecule has 1 amide bonds. The maximum atomic E-state index is 14.2. The van der Waals surface area contributed by atoms with E-state index in [0.717, 1.165) is 5.56 Å². The predicted molar refractivity (Wildman–Crippen MR) is 130 cm³/mol. The molecule has 10 nitrogen and oxygen atoms in total. The highest BCUT2D eigenvalue weighted by atomic mass is 19.1. The summed E-state index contributed by atoms with van der Waals surface area (Å²) < 4.78 is 24.8. The van der Waals surface area contributed by atoms with Crippen molar-refractivity contribution in [3.8, 4) is 11.5 Å². The van der Waals surface area contributed by atoms with Crippen molar-refractivity contribution in [3.63, 3.8) is 0 Å². The number of carbonyl (C=O) groups is 1. The van der Waals surface area contributed by atoms with Gasteiger partial charge in [-0.15, -0.1) is 0 Å². The summed E-state index contributed by atoms with van der Waals surface area (Å²) >= 11 is 0. The van der Waals surface area contributed by atoms with Gasteiger partial charge >= 0.3 is 0 Å². The predicted octanol–water partition coefficient (Wildman–Crippen LogP) is 2.23. The molecule has 0 fully saturated rings. The Balaban J connectivity index is 1.78. The molecule has 0 saturated carbocycles. The summed E-state index contributed by atoms with van der Waals surface area (Å²) in [5, 5.41) is 14.9. The summed E-state index contributed by atoms with van der Waals surface area (Å²) in [5.74, 6) is 2.27. The minimum atomic E-state index is -1.30. The number of nitrogens with zero attached hydrogens (tertiary/aromatic N) is 2. The fourth-order valence-corrected chi connectivity index (χ4v) is 3.33. The lowest BCUT2D eigenvalue weighted by Gasteiger charge is -2.24. The lowest BCUT2D eigenvalue weighted by Crippen LogP contribution is -2.41. The largest absolute Gasteiger partial charge is 0.497 e. The molecule has 0 bridgehead atoms. The van der Waals surface area contributed by atoms with Gasteiger partial charge < -0.3 is 30.7 Å². The molecule has 182 valence electrons. The van der Waals surface area contributed by atoms with E-state index in [0.29, 0.717) is 40.9 Å². The van der Waals surface area contributed by atoms with E-state index in [-0.39, 0.29) is 11.7 Å². The Morgan fingerprint density at radius 1 is 1.24 bits per heavy atom. The molecule has 0 saturated heterocycles. The number of rotatable bonds is 10. The highest BCUT2D eigenvalue weighted by molar-refractivity contribution is 5.99. The number of alkyl halides is 1. The number of pyridine rings is 1. The summed E-state index contributed by atoms with van der Waals surface area (Å²) in [6, 6.07) is 7.24. The van der Waals surface area contributed by atoms with Gasteiger partial charge in [-0.1, -0.05) is 6.07 Å². The Bertz CT molecular complexity index is 1090. The van der Waals surface area contributed by atoms with Crippen molar-refractivity contribution in [1.29, 1.82) is 0 Å². The zero-order valence-corrected chi connectivity index (χ0v) is 19.8. The molecule has 1 aliphatic rings. The second-order valence-corrected chi connectivity index (χ2v) is 7.41. The van der Waals surface area contributed by atoms with Crippen molar-refractivity contribution in [2.45, 2.75) is 25.8 Å². The number of amides is 1. The fraction of sp³-hybridized carbons (Fsp3) is 0.348. The van der Waals surface area contributed by atoms with E-state index in [1.165, 1.54) is 13.1 Å². The number of halogens is 1. The SMILES string of the molecule is CNC(=O)c1cnc(NC2=CC(NCc3ccc(OC)cc3OC)N=C(C(C)F)N2)cc1NC. The number of nitrogens with one attached hydrogen (secondary N) is 5. The zero-order valence-electron chi connectivity index (χ0n) is 19.8. The van der Waals surface area contributed by atoms with E-state index >= 15 is 0 Å². The number of benzene rings is 1. The number of hydrogen-bond donors (Lipinski definition) is 5. The van der Waals surface area contributed by atoms with Crippen molar-refractivity contribution in [2.24, 2.45) is 4.99 Å². The molecule has 11 heteroatoms. The third kappa shape index (κ3) is 5.93. The molecule has 2 atom stereocenters. The smallest absolute Gasteiger partial charge is 0.254 e. The number of amidine groups is 1. The monoisotopic (exact) mass is 471 g/mol. The number of ether oxygens (including phenoxy) is 2.